The second-order valence-corrected chi connectivity index (χ2v) is 3.80. The number of benzene rings is 1. The van der Waals surface area contributed by atoms with Crippen molar-refractivity contribution in [1.82, 2.24) is 4.98 Å². The molecule has 0 unspecified atom stereocenters. The molecule has 0 bridgehead atoms. The molecule has 2 rings (SSSR count). The van der Waals surface area contributed by atoms with Gasteiger partial charge in [-0.1, -0.05) is 24.3 Å². The van der Waals surface area contributed by atoms with Crippen molar-refractivity contribution < 1.29 is 19.1 Å². The van der Waals surface area contributed by atoms with Gasteiger partial charge in [0.2, 0.25) is 0 Å². The van der Waals surface area contributed by atoms with Gasteiger partial charge in [-0.25, -0.2) is 4.98 Å². The lowest BCUT2D eigenvalue weighted by molar-refractivity contribution is -0.135. The number of aryl methyl sites for hydroxylation is 1. The Bertz CT molecular complexity index is 601. The maximum absolute atomic E-state index is 11.8. The van der Waals surface area contributed by atoms with Crippen LogP contribution in [0.1, 0.15) is 22.5 Å². The van der Waals surface area contributed by atoms with Crippen LogP contribution in [0.5, 0.6) is 0 Å². The summed E-state index contributed by atoms with van der Waals surface area (Å²) in [5.74, 6) is -1.00. The molecule has 5 nitrogen and oxygen atoms in total. The van der Waals surface area contributed by atoms with Gasteiger partial charge in [-0.05, 0) is 6.92 Å². The Balaban J connectivity index is 2.47. The van der Waals surface area contributed by atoms with Crippen molar-refractivity contribution in [3.8, 4) is 11.3 Å². The van der Waals surface area contributed by atoms with Crippen LogP contribution in [0.2, 0.25) is 0 Å². The van der Waals surface area contributed by atoms with E-state index < -0.39 is 18.2 Å². The highest BCUT2D eigenvalue weighted by Crippen LogP contribution is 2.26. The van der Waals surface area contributed by atoms with E-state index in [0.29, 0.717) is 22.6 Å². The predicted molar refractivity (Wildman–Crippen MR) is 63.3 cm³/mol. The van der Waals surface area contributed by atoms with E-state index in [1.54, 1.807) is 31.2 Å². The highest BCUT2D eigenvalue weighted by Gasteiger charge is 2.18. The average molecular weight is 245 g/mol. The first-order chi connectivity index (χ1) is 8.59. The molecule has 0 amide bonds. The summed E-state index contributed by atoms with van der Waals surface area (Å²) in [5.41, 5.74) is 1.50. The molecule has 1 aromatic heterocycles. The molecule has 0 aliphatic heterocycles. The van der Waals surface area contributed by atoms with Gasteiger partial charge < -0.3 is 9.52 Å². The summed E-state index contributed by atoms with van der Waals surface area (Å²) >= 11 is 0. The van der Waals surface area contributed by atoms with E-state index in [1.165, 1.54) is 6.39 Å². The number of aliphatic carboxylic acids is 1. The first kappa shape index (κ1) is 12.0. The molecule has 0 saturated carbocycles. The van der Waals surface area contributed by atoms with Crippen molar-refractivity contribution in [1.29, 1.82) is 0 Å². The molecule has 1 heterocycles. The van der Waals surface area contributed by atoms with Crippen LogP contribution in [-0.4, -0.2) is 21.8 Å². The molecule has 5 heteroatoms. The maximum atomic E-state index is 11.8. The van der Waals surface area contributed by atoms with E-state index in [2.05, 4.69) is 4.98 Å². The van der Waals surface area contributed by atoms with Crippen LogP contribution in [-0.2, 0) is 4.79 Å². The van der Waals surface area contributed by atoms with Gasteiger partial charge in [0.15, 0.2) is 12.2 Å². The topological polar surface area (TPSA) is 80.4 Å². The third kappa shape index (κ3) is 2.29. The highest BCUT2D eigenvalue weighted by atomic mass is 16.4. The number of oxazole rings is 1. The maximum Gasteiger partial charge on any atom is 0.311 e. The number of hydrogen-bond donors (Lipinski definition) is 1. The molecule has 92 valence electrons. The lowest BCUT2D eigenvalue weighted by Gasteiger charge is -2.05. The fourth-order valence-corrected chi connectivity index (χ4v) is 1.73. The van der Waals surface area contributed by atoms with Gasteiger partial charge in [0, 0.05) is 11.1 Å². The van der Waals surface area contributed by atoms with Crippen LogP contribution < -0.4 is 0 Å². The van der Waals surface area contributed by atoms with Gasteiger partial charge in [-0.2, -0.15) is 0 Å². The summed E-state index contributed by atoms with van der Waals surface area (Å²) < 4.78 is 5.10. The molecular weight excluding hydrogens is 234 g/mol. The van der Waals surface area contributed by atoms with Gasteiger partial charge >= 0.3 is 5.97 Å². The molecule has 0 aliphatic carbocycles. The molecule has 1 aromatic carbocycles. The van der Waals surface area contributed by atoms with Gasteiger partial charge in [0.25, 0.3) is 0 Å². The standard InChI is InChI=1S/C13H11NO4/c1-8-13(14-7-18-8)10-5-3-2-4-9(10)11(15)6-12(16)17/h2-5,7H,6H2,1H3,(H,16,17). The smallest absolute Gasteiger partial charge is 0.311 e. The van der Waals surface area contributed by atoms with E-state index >= 15 is 0 Å². The number of rotatable bonds is 4. The Morgan fingerprint density at radius 3 is 2.67 bits per heavy atom. The minimum Gasteiger partial charge on any atom is -0.481 e. The Morgan fingerprint density at radius 2 is 2.06 bits per heavy atom. The number of aromatic nitrogens is 1. The van der Waals surface area contributed by atoms with Gasteiger partial charge in [-0.3, -0.25) is 9.59 Å². The number of nitrogens with zero attached hydrogens (tertiary/aromatic N) is 1. The molecule has 18 heavy (non-hydrogen) atoms. The molecule has 0 fully saturated rings. The summed E-state index contributed by atoms with van der Waals surface area (Å²) in [5, 5.41) is 8.67. The largest absolute Gasteiger partial charge is 0.481 e. The van der Waals surface area contributed by atoms with Crippen molar-refractivity contribution in [2.24, 2.45) is 0 Å². The molecule has 2 aromatic rings. The van der Waals surface area contributed by atoms with Crippen LogP contribution in [0, 0.1) is 6.92 Å². The Labute approximate surface area is 103 Å². The Hall–Kier alpha value is -2.43. The Morgan fingerprint density at radius 1 is 1.33 bits per heavy atom. The van der Waals surface area contributed by atoms with Gasteiger partial charge in [-0.15, -0.1) is 0 Å². The van der Waals surface area contributed by atoms with E-state index in [4.69, 9.17) is 9.52 Å². The molecule has 0 atom stereocenters. The first-order valence-corrected chi connectivity index (χ1v) is 5.34. The third-order valence-corrected chi connectivity index (χ3v) is 2.54. The Kier molecular flexibility index (Phi) is 3.23. The molecule has 1 N–H and O–H groups in total. The zero-order valence-electron chi connectivity index (χ0n) is 9.71. The third-order valence-electron chi connectivity index (χ3n) is 2.54. The van der Waals surface area contributed by atoms with E-state index in [9.17, 15) is 9.59 Å². The molecule has 0 aliphatic rings. The summed E-state index contributed by atoms with van der Waals surface area (Å²) in [6.45, 7) is 1.74. The zero-order valence-corrected chi connectivity index (χ0v) is 9.71. The quantitative estimate of drug-likeness (QED) is 0.660. The molecule has 0 radical (unpaired) electrons. The van der Waals surface area contributed by atoms with Crippen molar-refractivity contribution in [3.63, 3.8) is 0 Å². The predicted octanol–water partition coefficient (Wildman–Crippen LogP) is 2.31. The number of carbonyl (C=O) groups excluding carboxylic acids is 1. The zero-order chi connectivity index (χ0) is 13.1. The number of Topliss-reactive ketones (excluding diaryl/α,β-unsaturated/α-hetero) is 1. The number of carbonyl (C=O) groups is 2. The van der Waals surface area contributed by atoms with Crippen LogP contribution >= 0.6 is 0 Å². The van der Waals surface area contributed by atoms with Crippen LogP contribution in [0.3, 0.4) is 0 Å². The van der Waals surface area contributed by atoms with Crippen LogP contribution in [0.15, 0.2) is 35.1 Å². The number of ketones is 1. The van der Waals surface area contributed by atoms with Crippen molar-refractivity contribution >= 4 is 11.8 Å². The highest BCUT2D eigenvalue weighted by molar-refractivity contribution is 6.09. The first-order valence-electron chi connectivity index (χ1n) is 5.34. The fraction of sp³-hybridized carbons (Fsp3) is 0.154. The number of carboxylic acids is 1. The minimum atomic E-state index is -1.15. The minimum absolute atomic E-state index is 0.344. The van der Waals surface area contributed by atoms with Crippen LogP contribution in [0.25, 0.3) is 11.3 Å². The summed E-state index contributed by atoms with van der Waals surface area (Å²) in [7, 11) is 0. The lowest BCUT2D eigenvalue weighted by Crippen LogP contribution is -2.08. The summed E-state index contributed by atoms with van der Waals surface area (Å²) in [6, 6.07) is 6.77. The van der Waals surface area contributed by atoms with Crippen molar-refractivity contribution in [3.05, 3.63) is 42.0 Å². The summed E-state index contributed by atoms with van der Waals surface area (Å²) in [6.07, 6.45) is 0.761. The normalized spacial score (nSPS) is 10.3. The molecule has 0 saturated heterocycles. The average Bonchev–Trinajstić information content (AvgIpc) is 2.74. The van der Waals surface area contributed by atoms with Gasteiger partial charge in [0.1, 0.15) is 17.9 Å². The van der Waals surface area contributed by atoms with Crippen molar-refractivity contribution in [2.45, 2.75) is 13.3 Å². The molecular formula is C13H11NO4. The van der Waals surface area contributed by atoms with E-state index in [0.717, 1.165) is 0 Å². The monoisotopic (exact) mass is 245 g/mol. The second kappa shape index (κ2) is 4.83. The SMILES string of the molecule is Cc1ocnc1-c1ccccc1C(=O)CC(=O)O. The van der Waals surface area contributed by atoms with Crippen LogP contribution in [0.4, 0.5) is 0 Å². The second-order valence-electron chi connectivity index (χ2n) is 3.80. The fourth-order valence-electron chi connectivity index (χ4n) is 1.73. The number of hydrogen-bond acceptors (Lipinski definition) is 4. The van der Waals surface area contributed by atoms with Gasteiger partial charge in [0.05, 0.1) is 0 Å². The summed E-state index contributed by atoms with van der Waals surface area (Å²) in [4.78, 5) is 26.5. The van der Waals surface area contributed by atoms with E-state index in [-0.39, 0.29) is 0 Å². The van der Waals surface area contributed by atoms with Crippen molar-refractivity contribution in [2.75, 3.05) is 0 Å². The number of carboxylic acid groups (broad SMARTS) is 1. The lowest BCUT2D eigenvalue weighted by atomic mass is 9.99. The molecule has 0 spiro atoms. The van der Waals surface area contributed by atoms with E-state index in [1.807, 2.05) is 0 Å².